The molecular formula is C14H18N2O2. The predicted octanol–water partition coefficient (Wildman–Crippen LogP) is 3.51. The number of nitrogens with zero attached hydrogens (tertiary/aromatic N) is 1. The summed E-state index contributed by atoms with van der Waals surface area (Å²) in [6, 6.07) is 5.28. The Morgan fingerprint density at radius 2 is 2.17 bits per heavy atom. The Balaban J connectivity index is 1.66. The second kappa shape index (κ2) is 3.97. The molecule has 1 aromatic carbocycles. The van der Waals surface area contributed by atoms with E-state index in [-0.39, 0.29) is 10.6 Å². The average Bonchev–Trinajstić information content (AvgIpc) is 3.17. The van der Waals surface area contributed by atoms with Crippen LogP contribution >= 0.6 is 0 Å². The summed E-state index contributed by atoms with van der Waals surface area (Å²) < 4.78 is 0. The highest BCUT2D eigenvalue weighted by Gasteiger charge is 2.53. The van der Waals surface area contributed by atoms with Crippen LogP contribution in [-0.2, 0) is 0 Å². The van der Waals surface area contributed by atoms with Gasteiger partial charge in [0.05, 0.1) is 4.92 Å². The first kappa shape index (κ1) is 11.5. The van der Waals surface area contributed by atoms with E-state index < -0.39 is 0 Å². The summed E-state index contributed by atoms with van der Waals surface area (Å²) in [6.45, 7) is 2.81. The maximum atomic E-state index is 10.7. The molecule has 0 amide bonds. The zero-order valence-electron chi connectivity index (χ0n) is 10.6. The highest BCUT2D eigenvalue weighted by atomic mass is 16.6. The summed E-state index contributed by atoms with van der Waals surface area (Å²) >= 11 is 0. The Kier molecular flexibility index (Phi) is 2.54. The lowest BCUT2D eigenvalue weighted by atomic mass is 10.0. The van der Waals surface area contributed by atoms with Gasteiger partial charge in [0.2, 0.25) is 0 Å². The summed E-state index contributed by atoms with van der Waals surface area (Å²) in [4.78, 5) is 10.4. The van der Waals surface area contributed by atoms with Crippen LogP contribution in [0.2, 0.25) is 0 Å². The Labute approximate surface area is 107 Å². The molecule has 0 unspecified atom stereocenters. The summed E-state index contributed by atoms with van der Waals surface area (Å²) in [7, 11) is 0. The third-order valence-corrected chi connectivity index (χ3v) is 4.37. The lowest BCUT2D eigenvalue weighted by Crippen LogP contribution is -2.17. The largest absolute Gasteiger partial charge is 0.384 e. The van der Waals surface area contributed by atoms with Gasteiger partial charge < -0.3 is 5.32 Å². The Morgan fingerprint density at radius 3 is 2.67 bits per heavy atom. The Hall–Kier alpha value is -1.58. The average molecular weight is 246 g/mol. The summed E-state index contributed by atoms with van der Waals surface area (Å²) in [6.07, 6.45) is 5.47. The molecule has 0 spiro atoms. The fraction of sp³-hybridized carbons (Fsp3) is 0.571. The highest BCUT2D eigenvalue weighted by Crippen LogP contribution is 2.61. The second-order valence-corrected chi connectivity index (χ2v) is 5.75. The van der Waals surface area contributed by atoms with Crippen LogP contribution in [-0.4, -0.2) is 11.5 Å². The SMILES string of the molecule is Cc1cc(NCC2(C3CC3)CC2)ccc1[N+](=O)[O-]. The number of nitro benzene ring substituents is 1. The zero-order valence-corrected chi connectivity index (χ0v) is 10.6. The van der Waals surface area contributed by atoms with E-state index in [0.29, 0.717) is 5.41 Å². The van der Waals surface area contributed by atoms with Crippen LogP contribution in [0.15, 0.2) is 18.2 Å². The molecule has 2 aliphatic carbocycles. The van der Waals surface area contributed by atoms with Gasteiger partial charge in [-0.2, -0.15) is 0 Å². The first-order chi connectivity index (χ1) is 8.61. The van der Waals surface area contributed by atoms with Crippen molar-refractivity contribution < 1.29 is 4.92 Å². The number of hydrogen-bond acceptors (Lipinski definition) is 3. The number of anilines is 1. The number of aryl methyl sites for hydroxylation is 1. The second-order valence-electron chi connectivity index (χ2n) is 5.75. The van der Waals surface area contributed by atoms with Crippen molar-refractivity contribution in [3.63, 3.8) is 0 Å². The van der Waals surface area contributed by atoms with Crippen molar-refractivity contribution in [1.82, 2.24) is 0 Å². The van der Waals surface area contributed by atoms with Crippen LogP contribution in [0.25, 0.3) is 0 Å². The molecule has 4 heteroatoms. The van der Waals surface area contributed by atoms with E-state index in [1.807, 2.05) is 12.1 Å². The minimum Gasteiger partial charge on any atom is -0.384 e. The van der Waals surface area contributed by atoms with Crippen LogP contribution in [0, 0.1) is 28.4 Å². The summed E-state index contributed by atoms with van der Waals surface area (Å²) in [5.41, 5.74) is 2.48. The van der Waals surface area contributed by atoms with Gasteiger partial charge in [-0.25, -0.2) is 0 Å². The Morgan fingerprint density at radius 1 is 1.44 bits per heavy atom. The van der Waals surface area contributed by atoms with Crippen molar-refractivity contribution in [2.75, 3.05) is 11.9 Å². The highest BCUT2D eigenvalue weighted by molar-refractivity contribution is 5.53. The molecule has 0 aromatic heterocycles. The molecule has 2 saturated carbocycles. The molecule has 1 aromatic rings. The lowest BCUT2D eigenvalue weighted by molar-refractivity contribution is -0.385. The first-order valence-electron chi connectivity index (χ1n) is 6.60. The van der Waals surface area contributed by atoms with Crippen molar-refractivity contribution in [2.24, 2.45) is 11.3 Å². The van der Waals surface area contributed by atoms with E-state index in [0.717, 1.165) is 23.7 Å². The van der Waals surface area contributed by atoms with E-state index in [1.54, 1.807) is 13.0 Å². The van der Waals surface area contributed by atoms with Gasteiger partial charge in [-0.15, -0.1) is 0 Å². The smallest absolute Gasteiger partial charge is 0.272 e. The van der Waals surface area contributed by atoms with Gasteiger partial charge in [0.1, 0.15) is 0 Å². The third-order valence-electron chi connectivity index (χ3n) is 4.37. The van der Waals surface area contributed by atoms with Crippen molar-refractivity contribution in [3.05, 3.63) is 33.9 Å². The van der Waals surface area contributed by atoms with Gasteiger partial charge in [-0.1, -0.05) is 0 Å². The molecule has 0 radical (unpaired) electrons. The van der Waals surface area contributed by atoms with E-state index in [2.05, 4.69) is 5.32 Å². The maximum Gasteiger partial charge on any atom is 0.272 e. The minimum atomic E-state index is -0.328. The van der Waals surface area contributed by atoms with Crippen LogP contribution in [0.5, 0.6) is 0 Å². The number of nitro groups is 1. The van der Waals surface area contributed by atoms with Crippen molar-refractivity contribution >= 4 is 11.4 Å². The van der Waals surface area contributed by atoms with E-state index in [9.17, 15) is 10.1 Å². The minimum absolute atomic E-state index is 0.198. The quantitative estimate of drug-likeness (QED) is 0.639. The van der Waals surface area contributed by atoms with Crippen LogP contribution in [0.4, 0.5) is 11.4 Å². The fourth-order valence-electron chi connectivity index (χ4n) is 2.83. The molecular weight excluding hydrogens is 228 g/mol. The molecule has 18 heavy (non-hydrogen) atoms. The van der Waals surface area contributed by atoms with Gasteiger partial charge in [-0.05, 0) is 56.1 Å². The van der Waals surface area contributed by atoms with Gasteiger partial charge in [0, 0.05) is 23.9 Å². The number of benzene rings is 1. The number of hydrogen-bond donors (Lipinski definition) is 1. The van der Waals surface area contributed by atoms with E-state index >= 15 is 0 Å². The fourth-order valence-corrected chi connectivity index (χ4v) is 2.83. The molecule has 0 heterocycles. The van der Waals surface area contributed by atoms with Crippen LogP contribution in [0.1, 0.15) is 31.2 Å². The molecule has 0 saturated heterocycles. The standard InChI is InChI=1S/C14H18N2O2/c1-10-8-12(4-5-13(10)16(17)18)15-9-14(6-7-14)11-2-3-11/h4-5,8,11,15H,2-3,6-7,9H2,1H3. The van der Waals surface area contributed by atoms with Gasteiger partial charge in [0.15, 0.2) is 0 Å². The summed E-state index contributed by atoms with van der Waals surface area (Å²) in [5.74, 6) is 0.934. The van der Waals surface area contributed by atoms with Gasteiger partial charge in [0.25, 0.3) is 5.69 Å². The molecule has 2 aliphatic rings. The van der Waals surface area contributed by atoms with Crippen LogP contribution < -0.4 is 5.32 Å². The molecule has 2 fully saturated rings. The third kappa shape index (κ3) is 2.07. The van der Waals surface area contributed by atoms with Gasteiger partial charge in [-0.3, -0.25) is 10.1 Å². The van der Waals surface area contributed by atoms with E-state index in [4.69, 9.17) is 0 Å². The molecule has 0 bridgehead atoms. The maximum absolute atomic E-state index is 10.7. The molecule has 0 atom stereocenters. The molecule has 0 aliphatic heterocycles. The molecule has 96 valence electrons. The van der Waals surface area contributed by atoms with Crippen LogP contribution in [0.3, 0.4) is 0 Å². The topological polar surface area (TPSA) is 55.2 Å². The first-order valence-corrected chi connectivity index (χ1v) is 6.60. The Bertz CT molecular complexity index is 491. The normalized spacial score (nSPS) is 20.5. The van der Waals surface area contributed by atoms with Crippen molar-refractivity contribution in [3.8, 4) is 0 Å². The monoisotopic (exact) mass is 246 g/mol. The molecule has 4 nitrogen and oxygen atoms in total. The number of nitrogens with one attached hydrogen (secondary N) is 1. The molecule has 1 N–H and O–H groups in total. The van der Waals surface area contributed by atoms with Gasteiger partial charge >= 0.3 is 0 Å². The number of rotatable bonds is 5. The summed E-state index contributed by atoms with van der Waals surface area (Å²) in [5, 5.41) is 14.2. The predicted molar refractivity (Wildman–Crippen MR) is 70.7 cm³/mol. The van der Waals surface area contributed by atoms with Crippen molar-refractivity contribution in [1.29, 1.82) is 0 Å². The van der Waals surface area contributed by atoms with Crippen molar-refractivity contribution in [2.45, 2.75) is 32.6 Å². The lowest BCUT2D eigenvalue weighted by Gasteiger charge is -2.16. The molecule has 3 rings (SSSR count). The van der Waals surface area contributed by atoms with E-state index in [1.165, 1.54) is 25.7 Å². The zero-order chi connectivity index (χ0) is 12.8.